The zero-order chi connectivity index (χ0) is 14.7. The van der Waals surface area contributed by atoms with Crippen molar-refractivity contribution in [1.29, 1.82) is 0 Å². The van der Waals surface area contributed by atoms with E-state index in [1.165, 1.54) is 5.56 Å². The predicted octanol–water partition coefficient (Wildman–Crippen LogP) is 3.89. The number of halogens is 1. The molecule has 0 saturated carbocycles. The number of rotatable bonds is 4. The molecule has 1 unspecified atom stereocenters. The van der Waals surface area contributed by atoms with Gasteiger partial charge in [0.05, 0.1) is 10.6 Å². The lowest BCUT2D eigenvalue weighted by molar-refractivity contribution is 0.159. The van der Waals surface area contributed by atoms with Gasteiger partial charge in [0, 0.05) is 0 Å². The fraction of sp³-hybridized carbons (Fsp3) is 0.294. The molecule has 0 spiro atoms. The van der Waals surface area contributed by atoms with E-state index in [0.29, 0.717) is 25.4 Å². The second kappa shape index (κ2) is 6.50. The first-order valence-electron chi connectivity index (χ1n) is 7.05. The number of hydrogen-bond donors (Lipinski definition) is 1. The molecule has 21 heavy (non-hydrogen) atoms. The van der Waals surface area contributed by atoms with Crippen molar-refractivity contribution in [1.82, 2.24) is 0 Å². The Hall–Kier alpha value is -1.52. The van der Waals surface area contributed by atoms with Crippen molar-refractivity contribution in [2.75, 3.05) is 13.2 Å². The monoisotopic (exact) mass is 348 g/mol. The van der Waals surface area contributed by atoms with Crippen molar-refractivity contribution < 1.29 is 14.6 Å². The van der Waals surface area contributed by atoms with Crippen LogP contribution in [0.2, 0.25) is 0 Å². The summed E-state index contributed by atoms with van der Waals surface area (Å²) in [6, 6.07) is 14.0. The minimum absolute atomic E-state index is 0.516. The van der Waals surface area contributed by atoms with Crippen LogP contribution in [0.15, 0.2) is 46.9 Å². The lowest BCUT2D eigenvalue weighted by atomic mass is 10.0. The van der Waals surface area contributed by atoms with E-state index < -0.39 is 6.10 Å². The van der Waals surface area contributed by atoms with Gasteiger partial charge in [-0.1, -0.05) is 30.3 Å². The molecule has 0 saturated heterocycles. The summed E-state index contributed by atoms with van der Waals surface area (Å²) < 4.78 is 12.0. The van der Waals surface area contributed by atoms with E-state index in [-0.39, 0.29) is 0 Å². The van der Waals surface area contributed by atoms with Gasteiger partial charge in [-0.25, -0.2) is 0 Å². The van der Waals surface area contributed by atoms with Crippen LogP contribution in [0, 0.1) is 0 Å². The van der Waals surface area contributed by atoms with Gasteiger partial charge in [-0.05, 0) is 52.0 Å². The highest BCUT2D eigenvalue weighted by molar-refractivity contribution is 9.10. The molecule has 0 fully saturated rings. The molecule has 1 aliphatic rings. The second-order valence-electron chi connectivity index (χ2n) is 5.07. The Balaban J connectivity index is 1.72. The summed E-state index contributed by atoms with van der Waals surface area (Å²) in [5.74, 6) is 1.42. The topological polar surface area (TPSA) is 38.7 Å². The van der Waals surface area contributed by atoms with Gasteiger partial charge >= 0.3 is 0 Å². The molecule has 1 N–H and O–H groups in total. The van der Waals surface area contributed by atoms with Crippen LogP contribution in [0.1, 0.15) is 23.7 Å². The third kappa shape index (κ3) is 3.39. The van der Waals surface area contributed by atoms with E-state index in [9.17, 15) is 5.11 Å². The zero-order valence-corrected chi connectivity index (χ0v) is 13.2. The molecule has 3 nitrogen and oxygen atoms in total. The summed E-state index contributed by atoms with van der Waals surface area (Å²) in [5, 5.41) is 10.4. The lowest BCUT2D eigenvalue weighted by Crippen LogP contribution is -2.16. The van der Waals surface area contributed by atoms with Gasteiger partial charge in [0.25, 0.3) is 0 Å². The SMILES string of the molecule is OC(CCc1ccccc1)c1cc(Br)c2c(c1)OCCO2. The Bertz CT molecular complexity index is 613. The third-order valence-electron chi connectivity index (χ3n) is 3.55. The normalized spacial score (nSPS) is 14.8. The molecule has 2 aromatic carbocycles. The zero-order valence-electron chi connectivity index (χ0n) is 11.6. The molecule has 4 heteroatoms. The summed E-state index contributed by atoms with van der Waals surface area (Å²) in [4.78, 5) is 0. The van der Waals surface area contributed by atoms with Crippen LogP contribution in [0.4, 0.5) is 0 Å². The highest BCUT2D eigenvalue weighted by atomic mass is 79.9. The van der Waals surface area contributed by atoms with Gasteiger partial charge in [0.2, 0.25) is 0 Å². The van der Waals surface area contributed by atoms with Crippen LogP contribution in [0.3, 0.4) is 0 Å². The molecule has 0 radical (unpaired) electrons. The van der Waals surface area contributed by atoms with Crippen molar-refractivity contribution in [2.24, 2.45) is 0 Å². The number of fused-ring (bicyclic) bond motifs is 1. The number of aryl methyl sites for hydroxylation is 1. The molecule has 1 atom stereocenters. The molecule has 0 aliphatic carbocycles. The van der Waals surface area contributed by atoms with Gasteiger partial charge in [0.15, 0.2) is 11.5 Å². The maximum atomic E-state index is 10.4. The summed E-state index contributed by atoms with van der Waals surface area (Å²) in [7, 11) is 0. The maximum Gasteiger partial charge on any atom is 0.175 e. The van der Waals surface area contributed by atoms with Crippen LogP contribution in [-0.4, -0.2) is 18.3 Å². The largest absolute Gasteiger partial charge is 0.486 e. The molecular formula is C17H17BrO3. The number of aliphatic hydroxyl groups excluding tert-OH is 1. The molecule has 0 aromatic heterocycles. The number of benzene rings is 2. The standard InChI is InChI=1S/C17H17BrO3/c18-14-10-13(11-16-17(14)21-9-8-20-16)15(19)7-6-12-4-2-1-3-5-12/h1-5,10-11,15,19H,6-9H2. The minimum Gasteiger partial charge on any atom is -0.486 e. The summed E-state index contributed by atoms with van der Waals surface area (Å²) in [6.07, 6.45) is 1.00. The molecule has 0 amide bonds. The van der Waals surface area contributed by atoms with E-state index in [4.69, 9.17) is 9.47 Å². The van der Waals surface area contributed by atoms with Crippen molar-refractivity contribution in [3.8, 4) is 11.5 Å². The Labute approximate surface area is 132 Å². The number of aliphatic hydroxyl groups is 1. The smallest absolute Gasteiger partial charge is 0.175 e. The van der Waals surface area contributed by atoms with E-state index in [0.717, 1.165) is 22.2 Å². The Morgan fingerprint density at radius 1 is 1.10 bits per heavy atom. The highest BCUT2D eigenvalue weighted by Crippen LogP contribution is 2.40. The highest BCUT2D eigenvalue weighted by Gasteiger charge is 2.19. The summed E-state index contributed by atoms with van der Waals surface area (Å²) in [6.45, 7) is 1.10. The van der Waals surface area contributed by atoms with E-state index >= 15 is 0 Å². The minimum atomic E-state index is -0.516. The average molecular weight is 349 g/mol. The molecular weight excluding hydrogens is 332 g/mol. The lowest BCUT2D eigenvalue weighted by Gasteiger charge is -2.21. The van der Waals surface area contributed by atoms with Gasteiger partial charge in [-0.2, -0.15) is 0 Å². The van der Waals surface area contributed by atoms with Gasteiger partial charge in [-0.15, -0.1) is 0 Å². The van der Waals surface area contributed by atoms with Crippen molar-refractivity contribution in [3.05, 3.63) is 58.1 Å². The molecule has 0 bridgehead atoms. The quantitative estimate of drug-likeness (QED) is 0.910. The summed E-state index contributed by atoms with van der Waals surface area (Å²) >= 11 is 3.48. The number of hydrogen-bond acceptors (Lipinski definition) is 3. The van der Waals surface area contributed by atoms with Crippen molar-refractivity contribution in [2.45, 2.75) is 18.9 Å². The first kappa shape index (κ1) is 14.4. The molecule has 110 valence electrons. The average Bonchev–Trinajstić information content (AvgIpc) is 2.53. The van der Waals surface area contributed by atoms with E-state index in [1.54, 1.807) is 0 Å². The fourth-order valence-corrected chi connectivity index (χ4v) is 3.01. The fourth-order valence-electron chi connectivity index (χ4n) is 2.44. The molecule has 1 aliphatic heterocycles. The van der Waals surface area contributed by atoms with Crippen molar-refractivity contribution >= 4 is 15.9 Å². The predicted molar refractivity (Wildman–Crippen MR) is 84.9 cm³/mol. The maximum absolute atomic E-state index is 10.4. The van der Waals surface area contributed by atoms with Gasteiger partial charge in [-0.3, -0.25) is 0 Å². The first-order chi connectivity index (χ1) is 10.2. The van der Waals surface area contributed by atoms with Crippen molar-refractivity contribution in [3.63, 3.8) is 0 Å². The molecule has 2 aromatic rings. The molecule has 1 heterocycles. The van der Waals surface area contributed by atoms with E-state index in [2.05, 4.69) is 28.1 Å². The van der Waals surface area contributed by atoms with Gasteiger partial charge in [0.1, 0.15) is 13.2 Å². The number of ether oxygens (including phenoxy) is 2. The van der Waals surface area contributed by atoms with E-state index in [1.807, 2.05) is 30.3 Å². The van der Waals surface area contributed by atoms with Crippen LogP contribution in [0.25, 0.3) is 0 Å². The molecule has 3 rings (SSSR count). The third-order valence-corrected chi connectivity index (χ3v) is 4.14. The Kier molecular flexibility index (Phi) is 4.46. The Morgan fingerprint density at radius 2 is 1.86 bits per heavy atom. The van der Waals surface area contributed by atoms with Crippen LogP contribution in [0.5, 0.6) is 11.5 Å². The second-order valence-corrected chi connectivity index (χ2v) is 5.92. The van der Waals surface area contributed by atoms with Crippen LogP contribution in [-0.2, 0) is 6.42 Å². The summed E-state index contributed by atoms with van der Waals surface area (Å²) in [5.41, 5.74) is 2.08. The van der Waals surface area contributed by atoms with Gasteiger partial charge < -0.3 is 14.6 Å². The van der Waals surface area contributed by atoms with Crippen LogP contribution < -0.4 is 9.47 Å². The first-order valence-corrected chi connectivity index (χ1v) is 7.84. The van der Waals surface area contributed by atoms with Crippen LogP contribution >= 0.6 is 15.9 Å². The Morgan fingerprint density at radius 3 is 2.67 bits per heavy atom.